The van der Waals surface area contributed by atoms with Gasteiger partial charge < -0.3 is 14.8 Å². The molecule has 3 rings (SSSR count). The molecule has 112 valence electrons. The Labute approximate surface area is 137 Å². The summed E-state index contributed by atoms with van der Waals surface area (Å²) in [5.41, 5.74) is 1.18. The number of benzene rings is 1. The van der Waals surface area contributed by atoms with Crippen molar-refractivity contribution in [3.63, 3.8) is 0 Å². The second-order valence-electron chi connectivity index (χ2n) is 5.12. The zero-order valence-electron chi connectivity index (χ0n) is 11.9. The minimum atomic E-state index is 0.583. The zero-order chi connectivity index (χ0) is 14.7. The van der Waals surface area contributed by atoms with Gasteiger partial charge in [-0.15, -0.1) is 11.3 Å². The van der Waals surface area contributed by atoms with E-state index >= 15 is 0 Å². The molecule has 1 fully saturated rings. The first-order chi connectivity index (χ1) is 10.2. The van der Waals surface area contributed by atoms with Crippen LogP contribution < -0.4 is 14.8 Å². The van der Waals surface area contributed by atoms with Crippen molar-refractivity contribution >= 4 is 27.3 Å². The number of hydrogen-bond acceptors (Lipinski definition) is 4. The Hall–Kier alpha value is -1.04. The summed E-state index contributed by atoms with van der Waals surface area (Å²) < 4.78 is 12.4. The molecule has 0 radical (unpaired) electrons. The molecule has 1 heterocycles. The van der Waals surface area contributed by atoms with Gasteiger partial charge in [0, 0.05) is 29.1 Å². The Kier molecular flexibility index (Phi) is 4.83. The zero-order valence-corrected chi connectivity index (χ0v) is 14.3. The third kappa shape index (κ3) is 4.22. The van der Waals surface area contributed by atoms with E-state index in [0.717, 1.165) is 21.8 Å². The molecule has 1 aromatic carbocycles. The Morgan fingerprint density at radius 2 is 2.14 bits per heavy atom. The normalized spacial score (nSPS) is 14.2. The lowest BCUT2D eigenvalue weighted by Gasteiger charge is -2.13. The first kappa shape index (κ1) is 14.9. The van der Waals surface area contributed by atoms with Crippen molar-refractivity contribution in [1.29, 1.82) is 0 Å². The van der Waals surface area contributed by atoms with Crippen molar-refractivity contribution in [2.45, 2.75) is 32.0 Å². The molecule has 0 amide bonds. The summed E-state index contributed by atoms with van der Waals surface area (Å²) in [7, 11) is 1.68. The average Bonchev–Trinajstić information content (AvgIpc) is 3.24. The first-order valence-electron chi connectivity index (χ1n) is 7.02. The molecule has 0 saturated heterocycles. The summed E-state index contributed by atoms with van der Waals surface area (Å²) in [5.74, 6) is 1.72. The fourth-order valence-electron chi connectivity index (χ4n) is 2.06. The molecule has 5 heteroatoms. The maximum absolute atomic E-state index is 6.00. The van der Waals surface area contributed by atoms with Crippen molar-refractivity contribution in [3.05, 3.63) is 44.6 Å². The molecule has 3 nitrogen and oxygen atoms in total. The SMILES string of the molecule is COc1ccc(CNC2CC2)c(OCc2ccc(Br)s2)c1. The Morgan fingerprint density at radius 3 is 2.81 bits per heavy atom. The molecule has 1 aliphatic rings. The molecule has 0 bridgehead atoms. The van der Waals surface area contributed by atoms with Gasteiger partial charge in [-0.1, -0.05) is 6.07 Å². The highest BCUT2D eigenvalue weighted by atomic mass is 79.9. The number of ether oxygens (including phenoxy) is 2. The third-order valence-corrected chi connectivity index (χ3v) is 5.03. The molecule has 0 atom stereocenters. The van der Waals surface area contributed by atoms with E-state index < -0.39 is 0 Å². The van der Waals surface area contributed by atoms with E-state index in [-0.39, 0.29) is 0 Å². The molecule has 2 aromatic rings. The quantitative estimate of drug-likeness (QED) is 0.788. The van der Waals surface area contributed by atoms with Crippen LogP contribution in [0.3, 0.4) is 0 Å². The topological polar surface area (TPSA) is 30.5 Å². The molecule has 1 saturated carbocycles. The van der Waals surface area contributed by atoms with E-state index in [2.05, 4.69) is 33.4 Å². The number of rotatable bonds is 7. The highest BCUT2D eigenvalue weighted by molar-refractivity contribution is 9.11. The van der Waals surface area contributed by atoms with Crippen molar-refractivity contribution in [2.75, 3.05) is 7.11 Å². The molecule has 1 aliphatic carbocycles. The van der Waals surface area contributed by atoms with Crippen LogP contribution in [-0.4, -0.2) is 13.2 Å². The van der Waals surface area contributed by atoms with Gasteiger partial charge in [0.25, 0.3) is 0 Å². The molecule has 1 N–H and O–H groups in total. The van der Waals surface area contributed by atoms with E-state index in [1.54, 1.807) is 18.4 Å². The molecular formula is C16H18BrNO2S. The van der Waals surface area contributed by atoms with Gasteiger partial charge in [0.15, 0.2) is 0 Å². The van der Waals surface area contributed by atoms with Crippen molar-refractivity contribution < 1.29 is 9.47 Å². The summed E-state index contributed by atoms with van der Waals surface area (Å²) in [6, 6.07) is 10.8. The number of nitrogens with one attached hydrogen (secondary N) is 1. The predicted molar refractivity (Wildman–Crippen MR) is 89.2 cm³/mol. The van der Waals surface area contributed by atoms with Crippen LogP contribution in [0, 0.1) is 0 Å². The number of thiophene rings is 1. The molecule has 21 heavy (non-hydrogen) atoms. The van der Waals surface area contributed by atoms with Gasteiger partial charge in [-0.2, -0.15) is 0 Å². The van der Waals surface area contributed by atoms with Gasteiger partial charge in [0.05, 0.1) is 10.9 Å². The largest absolute Gasteiger partial charge is 0.497 e. The maximum atomic E-state index is 6.00. The van der Waals surface area contributed by atoms with Crippen LogP contribution in [0.25, 0.3) is 0 Å². The van der Waals surface area contributed by atoms with Gasteiger partial charge in [-0.3, -0.25) is 0 Å². The molecule has 0 unspecified atom stereocenters. The molecule has 0 spiro atoms. The minimum absolute atomic E-state index is 0.583. The van der Waals surface area contributed by atoms with Crippen molar-refractivity contribution in [2.24, 2.45) is 0 Å². The van der Waals surface area contributed by atoms with E-state index in [4.69, 9.17) is 9.47 Å². The van der Waals surface area contributed by atoms with Crippen LogP contribution in [0.15, 0.2) is 34.1 Å². The van der Waals surface area contributed by atoms with Gasteiger partial charge in [-0.05, 0) is 47.0 Å². The van der Waals surface area contributed by atoms with Crippen molar-refractivity contribution in [1.82, 2.24) is 5.32 Å². The van der Waals surface area contributed by atoms with E-state index in [1.807, 2.05) is 18.2 Å². The van der Waals surface area contributed by atoms with Crippen LogP contribution in [0.1, 0.15) is 23.3 Å². The lowest BCUT2D eigenvalue weighted by molar-refractivity contribution is 0.303. The summed E-state index contributed by atoms with van der Waals surface area (Å²) in [6.07, 6.45) is 2.57. The van der Waals surface area contributed by atoms with Gasteiger partial charge >= 0.3 is 0 Å². The monoisotopic (exact) mass is 367 g/mol. The molecular weight excluding hydrogens is 350 g/mol. The first-order valence-corrected chi connectivity index (χ1v) is 8.63. The Morgan fingerprint density at radius 1 is 1.29 bits per heavy atom. The van der Waals surface area contributed by atoms with Gasteiger partial charge in [0.2, 0.25) is 0 Å². The Bertz CT molecular complexity index is 610. The second-order valence-corrected chi connectivity index (χ2v) is 7.67. The lowest BCUT2D eigenvalue weighted by Crippen LogP contribution is -2.16. The smallest absolute Gasteiger partial charge is 0.128 e. The number of methoxy groups -OCH3 is 1. The lowest BCUT2D eigenvalue weighted by atomic mass is 10.2. The third-order valence-electron chi connectivity index (χ3n) is 3.43. The van der Waals surface area contributed by atoms with Crippen LogP contribution in [-0.2, 0) is 13.2 Å². The second kappa shape index (κ2) is 6.81. The highest BCUT2D eigenvalue weighted by Crippen LogP contribution is 2.29. The summed E-state index contributed by atoms with van der Waals surface area (Å²) >= 11 is 5.17. The van der Waals surface area contributed by atoms with Crippen LogP contribution in [0.2, 0.25) is 0 Å². The fourth-order valence-corrected chi connectivity index (χ4v) is 3.46. The number of hydrogen-bond donors (Lipinski definition) is 1. The van der Waals surface area contributed by atoms with Crippen molar-refractivity contribution in [3.8, 4) is 11.5 Å². The van der Waals surface area contributed by atoms with Gasteiger partial charge in [0.1, 0.15) is 18.1 Å². The molecule has 1 aromatic heterocycles. The van der Waals surface area contributed by atoms with E-state index in [9.17, 15) is 0 Å². The predicted octanol–water partition coefficient (Wildman–Crippen LogP) is 4.35. The van der Waals surface area contributed by atoms with Crippen LogP contribution in [0.5, 0.6) is 11.5 Å². The summed E-state index contributed by atoms with van der Waals surface area (Å²) in [5, 5.41) is 3.53. The van der Waals surface area contributed by atoms with Crippen LogP contribution in [0.4, 0.5) is 0 Å². The highest BCUT2D eigenvalue weighted by Gasteiger charge is 2.20. The minimum Gasteiger partial charge on any atom is -0.497 e. The van der Waals surface area contributed by atoms with Gasteiger partial charge in [-0.25, -0.2) is 0 Å². The van der Waals surface area contributed by atoms with E-state index in [0.29, 0.717) is 12.6 Å². The van der Waals surface area contributed by atoms with Crippen LogP contribution >= 0.6 is 27.3 Å². The summed E-state index contributed by atoms with van der Waals surface area (Å²) in [4.78, 5) is 1.20. The summed E-state index contributed by atoms with van der Waals surface area (Å²) in [6.45, 7) is 1.43. The Balaban J connectivity index is 1.69. The standard InChI is InChI=1S/C16H18BrNO2S/c1-19-13-5-2-11(9-18-12-3-4-12)15(8-13)20-10-14-6-7-16(17)21-14/h2,5-8,12,18H,3-4,9-10H2,1H3. The fraction of sp³-hybridized carbons (Fsp3) is 0.375. The molecule has 0 aliphatic heterocycles. The maximum Gasteiger partial charge on any atom is 0.128 e. The average molecular weight is 368 g/mol. The number of halogens is 1. The van der Waals surface area contributed by atoms with E-state index in [1.165, 1.54) is 23.3 Å².